The molecule has 2 aliphatic rings. The number of fused-ring (bicyclic) bond motifs is 2. The number of ether oxygens (including phenoxy) is 1. The maximum atomic E-state index is 12.4. The van der Waals surface area contributed by atoms with Crippen molar-refractivity contribution in [3.8, 4) is 11.5 Å². The van der Waals surface area contributed by atoms with E-state index in [1.807, 2.05) is 13.0 Å². The number of rotatable bonds is 0. The van der Waals surface area contributed by atoms with Crippen LogP contribution >= 0.6 is 0 Å². The van der Waals surface area contributed by atoms with Gasteiger partial charge in [0.25, 0.3) is 0 Å². The molecule has 0 aromatic heterocycles. The summed E-state index contributed by atoms with van der Waals surface area (Å²) in [5.74, 6) is -0.538. The average Bonchev–Trinajstić information content (AvgIpc) is 3.19. The topological polar surface area (TPSA) is 83.8 Å². The van der Waals surface area contributed by atoms with Crippen LogP contribution in [-0.4, -0.2) is 28.1 Å². The summed E-state index contributed by atoms with van der Waals surface area (Å²) >= 11 is 0. The Morgan fingerprint density at radius 1 is 1.12 bits per heavy atom. The third kappa shape index (κ3) is 3.67. The lowest BCUT2D eigenvalue weighted by Gasteiger charge is -2.16. The highest BCUT2D eigenvalue weighted by Crippen LogP contribution is 2.43. The zero-order valence-corrected chi connectivity index (χ0v) is 13.4. The molecule has 0 bridgehead atoms. The van der Waals surface area contributed by atoms with E-state index >= 15 is 0 Å². The van der Waals surface area contributed by atoms with Crippen LogP contribution in [0.4, 0.5) is 0 Å². The Morgan fingerprint density at radius 3 is 2.71 bits per heavy atom. The van der Waals surface area contributed by atoms with Gasteiger partial charge in [-0.1, -0.05) is 18.2 Å². The van der Waals surface area contributed by atoms with Crippen LogP contribution in [0.3, 0.4) is 0 Å². The fourth-order valence-electron chi connectivity index (χ4n) is 3.15. The smallest absolute Gasteiger partial charge is 0.342 e. The first-order valence-electron chi connectivity index (χ1n) is 8.07. The summed E-state index contributed by atoms with van der Waals surface area (Å²) in [4.78, 5) is 24.5. The first-order valence-corrected chi connectivity index (χ1v) is 8.07. The average molecular weight is 328 g/mol. The Bertz CT molecular complexity index is 732. The Hall–Kier alpha value is -2.56. The Balaban J connectivity index is 1.96. The van der Waals surface area contributed by atoms with E-state index in [1.54, 1.807) is 6.08 Å². The van der Waals surface area contributed by atoms with Crippen molar-refractivity contribution in [2.24, 2.45) is 11.8 Å². The number of carbonyl (C=O) groups is 2. The molecular weight excluding hydrogens is 308 g/mol. The van der Waals surface area contributed by atoms with E-state index in [2.05, 4.69) is 6.08 Å². The van der Waals surface area contributed by atoms with Gasteiger partial charge in [0.05, 0.1) is 6.10 Å². The molecular formula is C19H20O5. The second kappa shape index (κ2) is 6.51. The molecule has 1 saturated carbocycles. The first kappa shape index (κ1) is 16.3. The summed E-state index contributed by atoms with van der Waals surface area (Å²) < 4.78 is 5.44. The van der Waals surface area contributed by atoms with Crippen LogP contribution in [0.15, 0.2) is 36.4 Å². The molecule has 0 saturated heterocycles. The van der Waals surface area contributed by atoms with Crippen LogP contribution in [-0.2, 0) is 16.0 Å². The number of hydrogen-bond acceptors (Lipinski definition) is 5. The summed E-state index contributed by atoms with van der Waals surface area (Å²) in [5.41, 5.74) is 0.200. The lowest BCUT2D eigenvalue weighted by Crippen LogP contribution is -2.18. The number of aromatic hydroxyl groups is 2. The quantitative estimate of drug-likeness (QED) is 0.715. The highest BCUT2D eigenvalue weighted by Gasteiger charge is 2.36. The van der Waals surface area contributed by atoms with Crippen molar-refractivity contribution in [1.82, 2.24) is 0 Å². The molecule has 2 N–H and O–H groups in total. The zero-order valence-electron chi connectivity index (χ0n) is 13.4. The lowest BCUT2D eigenvalue weighted by molar-refractivity contribution is -0.114. The molecule has 3 rings (SSSR count). The standard InChI is InChI=1S/C19H20O5/c1-11-6-13-7-12(13)4-2-3-5-15(20)8-14-9-16(21)10-17(22)18(14)19(23)24-11/h2-5,9-13,21-22H,6-8H2,1H3/t11-,12+,13+/m1/s1. The number of allylic oxidation sites excluding steroid dienone is 4. The minimum Gasteiger partial charge on any atom is -0.508 e. The van der Waals surface area contributed by atoms with Gasteiger partial charge in [0, 0.05) is 12.5 Å². The van der Waals surface area contributed by atoms with E-state index in [0.29, 0.717) is 11.8 Å². The van der Waals surface area contributed by atoms with Gasteiger partial charge in [-0.15, -0.1) is 0 Å². The molecule has 1 aromatic rings. The van der Waals surface area contributed by atoms with Gasteiger partial charge in [0.1, 0.15) is 17.1 Å². The molecule has 1 aromatic carbocycles. The molecule has 1 fully saturated rings. The van der Waals surface area contributed by atoms with E-state index in [0.717, 1.165) is 18.9 Å². The van der Waals surface area contributed by atoms with Crippen molar-refractivity contribution in [2.75, 3.05) is 0 Å². The van der Waals surface area contributed by atoms with Crippen LogP contribution in [0.1, 0.15) is 35.7 Å². The van der Waals surface area contributed by atoms with Gasteiger partial charge in [-0.2, -0.15) is 0 Å². The number of benzene rings is 1. The molecule has 24 heavy (non-hydrogen) atoms. The summed E-state index contributed by atoms with van der Waals surface area (Å²) in [6.45, 7) is 1.82. The van der Waals surface area contributed by atoms with Crippen molar-refractivity contribution < 1.29 is 24.5 Å². The van der Waals surface area contributed by atoms with Crippen molar-refractivity contribution in [2.45, 2.75) is 32.3 Å². The molecule has 3 atom stereocenters. The third-order valence-corrected chi connectivity index (χ3v) is 4.42. The highest BCUT2D eigenvalue weighted by atomic mass is 16.5. The molecule has 1 heterocycles. The second-order valence-corrected chi connectivity index (χ2v) is 6.50. The Kier molecular flexibility index (Phi) is 4.42. The van der Waals surface area contributed by atoms with E-state index in [4.69, 9.17) is 4.74 Å². The van der Waals surface area contributed by atoms with Crippen LogP contribution in [0.5, 0.6) is 11.5 Å². The van der Waals surface area contributed by atoms with Crippen LogP contribution in [0.2, 0.25) is 0 Å². The number of hydrogen-bond donors (Lipinski definition) is 2. The number of phenols is 2. The number of cyclic esters (lactones) is 1. The third-order valence-electron chi connectivity index (χ3n) is 4.42. The molecule has 1 aliphatic heterocycles. The van der Waals surface area contributed by atoms with E-state index in [9.17, 15) is 19.8 Å². The van der Waals surface area contributed by atoms with Gasteiger partial charge in [0.15, 0.2) is 5.78 Å². The zero-order chi connectivity index (χ0) is 17.3. The fraction of sp³-hybridized carbons (Fsp3) is 0.368. The second-order valence-electron chi connectivity index (χ2n) is 6.50. The maximum absolute atomic E-state index is 12.4. The number of esters is 1. The lowest BCUT2D eigenvalue weighted by atomic mass is 10.00. The maximum Gasteiger partial charge on any atom is 0.342 e. The van der Waals surface area contributed by atoms with Gasteiger partial charge in [-0.05, 0) is 49.3 Å². The molecule has 5 nitrogen and oxygen atoms in total. The van der Waals surface area contributed by atoms with Gasteiger partial charge < -0.3 is 14.9 Å². The molecule has 0 spiro atoms. The number of carbonyl (C=O) groups excluding carboxylic acids is 2. The van der Waals surface area contributed by atoms with Crippen molar-refractivity contribution in [3.05, 3.63) is 47.6 Å². The van der Waals surface area contributed by atoms with Crippen LogP contribution in [0.25, 0.3) is 0 Å². The van der Waals surface area contributed by atoms with Crippen LogP contribution < -0.4 is 0 Å². The molecule has 0 unspecified atom stereocenters. The molecule has 5 heteroatoms. The molecule has 0 amide bonds. The molecule has 0 radical (unpaired) electrons. The van der Waals surface area contributed by atoms with E-state index in [-0.39, 0.29) is 40.9 Å². The van der Waals surface area contributed by atoms with E-state index < -0.39 is 5.97 Å². The first-order chi connectivity index (χ1) is 11.4. The summed E-state index contributed by atoms with van der Waals surface area (Å²) in [6.07, 6.45) is 8.49. The number of ketones is 1. The fourth-order valence-corrected chi connectivity index (χ4v) is 3.15. The summed E-state index contributed by atoms with van der Waals surface area (Å²) in [5, 5.41) is 19.7. The minimum atomic E-state index is -0.670. The van der Waals surface area contributed by atoms with Gasteiger partial charge >= 0.3 is 5.97 Å². The van der Waals surface area contributed by atoms with Crippen molar-refractivity contribution in [1.29, 1.82) is 0 Å². The largest absolute Gasteiger partial charge is 0.508 e. The van der Waals surface area contributed by atoms with Crippen molar-refractivity contribution >= 4 is 11.8 Å². The van der Waals surface area contributed by atoms with Gasteiger partial charge in [-0.3, -0.25) is 4.79 Å². The van der Waals surface area contributed by atoms with Crippen LogP contribution in [0, 0.1) is 11.8 Å². The summed E-state index contributed by atoms with van der Waals surface area (Å²) in [6, 6.07) is 2.39. The predicted molar refractivity (Wildman–Crippen MR) is 87.9 cm³/mol. The highest BCUT2D eigenvalue weighted by molar-refractivity contribution is 5.98. The Morgan fingerprint density at radius 2 is 1.92 bits per heavy atom. The van der Waals surface area contributed by atoms with Crippen molar-refractivity contribution in [3.63, 3.8) is 0 Å². The number of phenolic OH excluding ortho intramolecular Hbond substituents is 2. The predicted octanol–water partition coefficient (Wildman–Crippen LogP) is 2.91. The monoisotopic (exact) mass is 328 g/mol. The molecule has 126 valence electrons. The minimum absolute atomic E-state index is 0.0543. The van der Waals surface area contributed by atoms with Gasteiger partial charge in [0.2, 0.25) is 0 Å². The normalized spacial score (nSPS) is 27.0. The van der Waals surface area contributed by atoms with Gasteiger partial charge in [-0.25, -0.2) is 4.79 Å². The summed E-state index contributed by atoms with van der Waals surface area (Å²) in [7, 11) is 0. The van der Waals surface area contributed by atoms with E-state index in [1.165, 1.54) is 12.1 Å². The molecule has 1 aliphatic carbocycles. The Labute approximate surface area is 140 Å². The SMILES string of the molecule is C[C@@H]1C[C@H]2C[C@@H]2C=CC=CC(=O)Cc2cc(O)cc(O)c2C(=O)O1.